The van der Waals surface area contributed by atoms with Gasteiger partial charge in [0.05, 0.1) is 22.7 Å². The van der Waals surface area contributed by atoms with Crippen LogP contribution in [0.5, 0.6) is 0 Å². The summed E-state index contributed by atoms with van der Waals surface area (Å²) in [6, 6.07) is 3.19. The van der Waals surface area contributed by atoms with Crippen molar-refractivity contribution in [2.24, 2.45) is 0 Å². The highest BCUT2D eigenvalue weighted by molar-refractivity contribution is 7.99. The molecule has 2 unspecified atom stereocenters. The van der Waals surface area contributed by atoms with Gasteiger partial charge in [0.15, 0.2) is 0 Å². The number of hydrogen-bond donors (Lipinski definition) is 2. The zero-order valence-electron chi connectivity index (χ0n) is 11.0. The van der Waals surface area contributed by atoms with Crippen molar-refractivity contribution in [3.63, 3.8) is 0 Å². The fourth-order valence-electron chi connectivity index (χ4n) is 1.55. The molecule has 1 aromatic rings. The summed E-state index contributed by atoms with van der Waals surface area (Å²) in [5.41, 5.74) is 0.371. The molecule has 0 fully saturated rings. The first-order valence-corrected chi connectivity index (χ1v) is 7.51. The maximum atomic E-state index is 13.4. The van der Waals surface area contributed by atoms with Crippen LogP contribution in [-0.2, 0) is 9.59 Å². The van der Waals surface area contributed by atoms with Crippen LogP contribution in [0.3, 0.4) is 0 Å². The molecule has 1 aromatic carbocycles. The Labute approximate surface area is 125 Å². The average Bonchev–Trinajstić information content (AvgIpc) is 2.39. The van der Waals surface area contributed by atoms with Crippen LogP contribution in [0.4, 0.5) is 4.39 Å². The Morgan fingerprint density at radius 3 is 2.65 bits per heavy atom. The summed E-state index contributed by atoms with van der Waals surface area (Å²) in [5.74, 6) is -2.02. The van der Waals surface area contributed by atoms with E-state index in [9.17, 15) is 14.0 Å². The van der Waals surface area contributed by atoms with Crippen LogP contribution in [0.15, 0.2) is 18.2 Å². The van der Waals surface area contributed by atoms with Crippen molar-refractivity contribution in [2.75, 3.05) is 6.26 Å². The number of halogens is 2. The van der Waals surface area contributed by atoms with E-state index >= 15 is 0 Å². The van der Waals surface area contributed by atoms with Gasteiger partial charge in [0, 0.05) is 0 Å². The number of nitrogens with one attached hydrogen (secondary N) is 1. The van der Waals surface area contributed by atoms with Gasteiger partial charge >= 0.3 is 5.97 Å². The molecule has 1 amide bonds. The summed E-state index contributed by atoms with van der Waals surface area (Å²) in [4.78, 5) is 22.7. The molecular weight excluding hydrogens is 305 g/mol. The summed E-state index contributed by atoms with van der Waals surface area (Å²) in [7, 11) is 0. The maximum absolute atomic E-state index is 13.4. The largest absolute Gasteiger partial charge is 0.481 e. The van der Waals surface area contributed by atoms with Crippen LogP contribution in [-0.4, -0.2) is 28.5 Å². The smallest absolute Gasteiger partial charge is 0.305 e. The van der Waals surface area contributed by atoms with Crippen LogP contribution in [0.1, 0.15) is 24.9 Å². The van der Waals surface area contributed by atoms with E-state index in [0.717, 1.165) is 6.07 Å². The van der Waals surface area contributed by atoms with Gasteiger partial charge in [0.1, 0.15) is 5.82 Å². The van der Waals surface area contributed by atoms with Gasteiger partial charge in [0.2, 0.25) is 5.91 Å². The number of carbonyl (C=O) groups is 2. The Bertz CT molecular complexity index is 512. The third-order valence-electron chi connectivity index (χ3n) is 2.76. The molecule has 4 nitrogen and oxygen atoms in total. The number of benzene rings is 1. The lowest BCUT2D eigenvalue weighted by molar-refractivity contribution is -0.137. The normalized spacial score (nSPS) is 13.6. The van der Waals surface area contributed by atoms with E-state index in [0.29, 0.717) is 5.56 Å². The van der Waals surface area contributed by atoms with Gasteiger partial charge in [-0.05, 0) is 30.9 Å². The summed E-state index contributed by atoms with van der Waals surface area (Å²) in [6.45, 7) is 1.71. The Morgan fingerprint density at radius 1 is 1.50 bits per heavy atom. The molecule has 0 aliphatic carbocycles. The summed E-state index contributed by atoms with van der Waals surface area (Å²) in [5, 5.41) is 11.1. The molecule has 1 rings (SSSR count). The summed E-state index contributed by atoms with van der Waals surface area (Å²) < 4.78 is 13.4. The molecule has 0 bridgehead atoms. The number of amides is 1. The third-order valence-corrected chi connectivity index (χ3v) is 3.99. The van der Waals surface area contributed by atoms with Gasteiger partial charge in [-0.3, -0.25) is 9.59 Å². The second-order valence-corrected chi connectivity index (χ2v) is 5.80. The van der Waals surface area contributed by atoms with Gasteiger partial charge in [-0.2, -0.15) is 11.8 Å². The van der Waals surface area contributed by atoms with E-state index in [2.05, 4.69) is 5.32 Å². The van der Waals surface area contributed by atoms with Crippen molar-refractivity contribution in [1.82, 2.24) is 5.32 Å². The second-order valence-electron chi connectivity index (χ2n) is 4.21. The Kier molecular flexibility index (Phi) is 6.29. The zero-order valence-corrected chi connectivity index (χ0v) is 12.6. The highest BCUT2D eigenvalue weighted by atomic mass is 35.5. The van der Waals surface area contributed by atoms with Crippen LogP contribution in [0.2, 0.25) is 5.02 Å². The van der Waals surface area contributed by atoms with Crippen molar-refractivity contribution in [1.29, 1.82) is 0 Å². The van der Waals surface area contributed by atoms with Crippen molar-refractivity contribution in [3.8, 4) is 0 Å². The standard InChI is InChI=1S/C13H15ClFNO3S/c1-7(20-2)13(19)16-11(6-12(17)18)8-3-4-9(14)10(15)5-8/h3-5,7,11H,6H2,1-2H3,(H,16,19)(H,17,18). The molecule has 2 atom stereocenters. The average molecular weight is 320 g/mol. The predicted octanol–water partition coefficient (Wildman–Crippen LogP) is 2.86. The van der Waals surface area contributed by atoms with Crippen LogP contribution >= 0.6 is 23.4 Å². The Balaban J connectivity index is 2.96. The molecule has 20 heavy (non-hydrogen) atoms. The van der Waals surface area contributed by atoms with E-state index in [1.54, 1.807) is 13.2 Å². The molecule has 0 radical (unpaired) electrons. The Hall–Kier alpha value is -1.27. The van der Waals surface area contributed by atoms with Crippen LogP contribution in [0, 0.1) is 5.82 Å². The minimum absolute atomic E-state index is 0.0494. The lowest BCUT2D eigenvalue weighted by atomic mass is 10.0. The van der Waals surface area contributed by atoms with Crippen molar-refractivity contribution in [2.45, 2.75) is 24.6 Å². The first-order valence-electron chi connectivity index (χ1n) is 5.85. The van der Waals surface area contributed by atoms with E-state index < -0.39 is 17.8 Å². The van der Waals surface area contributed by atoms with E-state index in [1.807, 2.05) is 0 Å². The van der Waals surface area contributed by atoms with Gasteiger partial charge < -0.3 is 10.4 Å². The lowest BCUT2D eigenvalue weighted by Crippen LogP contribution is -2.35. The number of carboxylic acid groups (broad SMARTS) is 1. The lowest BCUT2D eigenvalue weighted by Gasteiger charge is -2.19. The first kappa shape index (κ1) is 16.8. The number of rotatable bonds is 6. The van der Waals surface area contributed by atoms with E-state index in [1.165, 1.54) is 23.9 Å². The van der Waals surface area contributed by atoms with Gasteiger partial charge in [-0.1, -0.05) is 17.7 Å². The predicted molar refractivity (Wildman–Crippen MR) is 77.5 cm³/mol. The highest BCUT2D eigenvalue weighted by Crippen LogP contribution is 2.23. The van der Waals surface area contributed by atoms with E-state index in [4.69, 9.17) is 16.7 Å². The monoisotopic (exact) mass is 319 g/mol. The molecule has 0 saturated carbocycles. The molecule has 0 aliphatic heterocycles. The SMILES string of the molecule is CSC(C)C(=O)NC(CC(=O)O)c1ccc(Cl)c(F)c1. The molecule has 0 heterocycles. The fourth-order valence-corrected chi connectivity index (χ4v) is 1.95. The number of carbonyl (C=O) groups excluding carboxylic acids is 1. The number of thioether (sulfide) groups is 1. The van der Waals surface area contributed by atoms with Crippen molar-refractivity contribution >= 4 is 35.2 Å². The minimum Gasteiger partial charge on any atom is -0.481 e. The second kappa shape index (κ2) is 7.50. The number of hydrogen-bond acceptors (Lipinski definition) is 3. The molecule has 110 valence electrons. The van der Waals surface area contributed by atoms with Crippen molar-refractivity contribution in [3.05, 3.63) is 34.6 Å². The molecule has 0 aliphatic rings. The van der Waals surface area contributed by atoms with Gasteiger partial charge in [-0.15, -0.1) is 0 Å². The molecular formula is C13H15ClFNO3S. The Morgan fingerprint density at radius 2 is 2.15 bits per heavy atom. The molecule has 0 aromatic heterocycles. The topological polar surface area (TPSA) is 66.4 Å². The van der Waals surface area contributed by atoms with Crippen molar-refractivity contribution < 1.29 is 19.1 Å². The number of carboxylic acids is 1. The molecule has 0 spiro atoms. The third kappa shape index (κ3) is 4.68. The van der Waals surface area contributed by atoms with Gasteiger partial charge in [0.25, 0.3) is 0 Å². The summed E-state index contributed by atoms with van der Waals surface area (Å²) >= 11 is 6.93. The quantitative estimate of drug-likeness (QED) is 0.846. The minimum atomic E-state index is -1.08. The first-order chi connectivity index (χ1) is 9.35. The molecule has 7 heteroatoms. The summed E-state index contributed by atoms with van der Waals surface area (Å²) in [6.07, 6.45) is 1.45. The van der Waals surface area contributed by atoms with Crippen LogP contribution < -0.4 is 5.32 Å². The molecule has 2 N–H and O–H groups in total. The fraction of sp³-hybridized carbons (Fsp3) is 0.385. The number of aliphatic carboxylic acids is 1. The van der Waals surface area contributed by atoms with Crippen LogP contribution in [0.25, 0.3) is 0 Å². The maximum Gasteiger partial charge on any atom is 0.305 e. The highest BCUT2D eigenvalue weighted by Gasteiger charge is 2.21. The van der Waals surface area contributed by atoms with E-state index in [-0.39, 0.29) is 22.6 Å². The zero-order chi connectivity index (χ0) is 15.3. The molecule has 0 saturated heterocycles. The van der Waals surface area contributed by atoms with Gasteiger partial charge in [-0.25, -0.2) is 4.39 Å².